The van der Waals surface area contributed by atoms with Crippen LogP contribution in [-0.4, -0.2) is 108 Å². The van der Waals surface area contributed by atoms with Gasteiger partial charge in [-0.05, 0) is 38.5 Å². The van der Waals surface area contributed by atoms with Crippen molar-refractivity contribution in [3.05, 3.63) is 24.3 Å². The molecule has 13 nitrogen and oxygen atoms in total. The summed E-state index contributed by atoms with van der Waals surface area (Å²) in [7, 11) is -5.13. The van der Waals surface area contributed by atoms with Gasteiger partial charge in [0.15, 0.2) is 0 Å². The number of allylic oxidation sites excluding steroid dienone is 3. The second kappa shape index (κ2) is 27.4. The number of aliphatic hydroxyl groups excluding tert-OH is 7. The maximum Gasteiger partial charge on any atom is 0.472 e. The van der Waals surface area contributed by atoms with Gasteiger partial charge in [0.25, 0.3) is 0 Å². The minimum atomic E-state index is -5.13. The third-order valence-corrected chi connectivity index (χ3v) is 10.0. The second-order valence-corrected chi connectivity index (χ2v) is 15.0. The Morgan fingerprint density at radius 1 is 0.700 bits per heavy atom. The predicted molar refractivity (Wildman–Crippen MR) is 192 cm³/mol. The minimum absolute atomic E-state index is 0.260. The number of phosphoric acid groups is 1. The van der Waals surface area contributed by atoms with Crippen molar-refractivity contribution in [3.8, 4) is 0 Å². The average molecular weight is 738 g/mol. The van der Waals surface area contributed by atoms with Crippen LogP contribution < -0.4 is 5.32 Å². The highest BCUT2D eigenvalue weighted by atomic mass is 31.2. The number of carbonyl (C=O) groups excluding carboxylic acids is 1. The SMILES string of the molecule is CCCC/C=C\CCCCC(O)CC(=O)NC(COP(=O)(O)OC1C(O)C(O)C(O)C(O)C1O)C(O)/C=C/CCCCCCCCCCCC. The van der Waals surface area contributed by atoms with E-state index in [9.17, 15) is 50.0 Å². The molecule has 0 saturated heterocycles. The summed E-state index contributed by atoms with van der Waals surface area (Å²) in [4.78, 5) is 23.2. The quantitative estimate of drug-likeness (QED) is 0.0301. The van der Waals surface area contributed by atoms with Gasteiger partial charge in [-0.1, -0.05) is 115 Å². The van der Waals surface area contributed by atoms with E-state index in [1.165, 1.54) is 51.0 Å². The Morgan fingerprint density at radius 3 is 1.76 bits per heavy atom. The smallest absolute Gasteiger partial charge is 0.393 e. The summed E-state index contributed by atoms with van der Waals surface area (Å²) in [5.41, 5.74) is 0. The van der Waals surface area contributed by atoms with E-state index in [4.69, 9.17) is 9.05 Å². The van der Waals surface area contributed by atoms with Crippen LogP contribution in [0.15, 0.2) is 24.3 Å². The molecule has 1 aliphatic rings. The molecule has 1 amide bonds. The van der Waals surface area contributed by atoms with Gasteiger partial charge in [-0.2, -0.15) is 0 Å². The van der Waals surface area contributed by atoms with Gasteiger partial charge in [-0.25, -0.2) is 4.57 Å². The molecule has 1 fully saturated rings. The lowest BCUT2D eigenvalue weighted by atomic mass is 9.85. The van der Waals surface area contributed by atoms with E-state index in [0.717, 1.165) is 51.4 Å². The number of phosphoric ester groups is 1. The lowest BCUT2D eigenvalue weighted by Crippen LogP contribution is -2.64. The van der Waals surface area contributed by atoms with E-state index in [1.54, 1.807) is 6.08 Å². The van der Waals surface area contributed by atoms with Crippen LogP contribution in [0.4, 0.5) is 0 Å². The molecule has 50 heavy (non-hydrogen) atoms. The molecule has 0 aliphatic heterocycles. The average Bonchev–Trinajstić information content (AvgIpc) is 3.08. The third-order valence-electron chi connectivity index (χ3n) is 9.03. The molecule has 9 N–H and O–H groups in total. The third kappa shape index (κ3) is 20.1. The largest absolute Gasteiger partial charge is 0.472 e. The summed E-state index contributed by atoms with van der Waals surface area (Å²) in [5.74, 6) is -0.611. The Kier molecular flexibility index (Phi) is 25.6. The van der Waals surface area contributed by atoms with E-state index >= 15 is 0 Å². The number of carbonyl (C=O) groups is 1. The molecule has 0 aromatic heterocycles. The number of rotatable bonds is 29. The van der Waals surface area contributed by atoms with Crippen LogP contribution in [-0.2, 0) is 18.4 Å². The van der Waals surface area contributed by atoms with E-state index < -0.39 is 75.2 Å². The van der Waals surface area contributed by atoms with E-state index in [0.29, 0.717) is 19.3 Å². The molecule has 1 rings (SSSR count). The first-order valence-electron chi connectivity index (χ1n) is 18.9. The summed E-state index contributed by atoms with van der Waals surface area (Å²) >= 11 is 0. The Balaban J connectivity index is 2.71. The number of hydrogen-bond donors (Lipinski definition) is 9. The van der Waals surface area contributed by atoms with Gasteiger partial charge in [0.2, 0.25) is 5.91 Å². The van der Waals surface area contributed by atoms with Gasteiger partial charge >= 0.3 is 7.82 Å². The normalized spacial score (nSPS) is 25.9. The summed E-state index contributed by atoms with van der Waals surface area (Å²) in [5, 5.41) is 73.8. The zero-order valence-corrected chi connectivity index (χ0v) is 31.2. The van der Waals surface area contributed by atoms with E-state index in [2.05, 4.69) is 31.3 Å². The van der Waals surface area contributed by atoms with Crippen LogP contribution in [0.5, 0.6) is 0 Å². The van der Waals surface area contributed by atoms with Crippen molar-refractivity contribution in [2.45, 2.75) is 191 Å². The molecular formula is C36H68NO12P. The maximum absolute atomic E-state index is 12.8. The fraction of sp³-hybridized carbons (Fsp3) is 0.861. The summed E-state index contributed by atoms with van der Waals surface area (Å²) in [6.07, 6.45) is 11.7. The molecule has 0 aromatic carbocycles. The highest BCUT2D eigenvalue weighted by Crippen LogP contribution is 2.47. The van der Waals surface area contributed by atoms with Crippen LogP contribution in [0, 0.1) is 0 Å². The maximum atomic E-state index is 12.8. The van der Waals surface area contributed by atoms with Crippen LogP contribution in [0.3, 0.4) is 0 Å². The van der Waals surface area contributed by atoms with Gasteiger partial charge in [0.1, 0.15) is 36.6 Å². The van der Waals surface area contributed by atoms with Crippen LogP contribution in [0.2, 0.25) is 0 Å². The fourth-order valence-corrected chi connectivity index (χ4v) is 6.77. The van der Waals surface area contributed by atoms with Gasteiger partial charge in [-0.15, -0.1) is 0 Å². The lowest BCUT2D eigenvalue weighted by molar-refractivity contribution is -0.220. The van der Waals surface area contributed by atoms with Crippen molar-refractivity contribution < 1.29 is 59.0 Å². The molecule has 294 valence electrons. The highest BCUT2D eigenvalue weighted by Gasteiger charge is 2.51. The number of aliphatic hydroxyl groups is 7. The Hall–Kier alpha value is -1.22. The van der Waals surface area contributed by atoms with Crippen molar-refractivity contribution in [2.24, 2.45) is 0 Å². The Labute approximate surface area is 299 Å². The first kappa shape index (κ1) is 46.8. The highest BCUT2D eigenvalue weighted by molar-refractivity contribution is 7.47. The van der Waals surface area contributed by atoms with Gasteiger partial charge in [0, 0.05) is 0 Å². The molecule has 0 radical (unpaired) electrons. The van der Waals surface area contributed by atoms with Gasteiger partial charge < -0.3 is 46.0 Å². The van der Waals surface area contributed by atoms with Crippen molar-refractivity contribution in [3.63, 3.8) is 0 Å². The van der Waals surface area contributed by atoms with Crippen molar-refractivity contribution >= 4 is 13.7 Å². The van der Waals surface area contributed by atoms with Gasteiger partial charge in [0.05, 0.1) is 31.3 Å². The summed E-state index contributed by atoms with van der Waals surface area (Å²) < 4.78 is 22.7. The fourth-order valence-electron chi connectivity index (χ4n) is 5.81. The van der Waals surface area contributed by atoms with Crippen molar-refractivity contribution in [2.75, 3.05) is 6.61 Å². The zero-order valence-electron chi connectivity index (χ0n) is 30.3. The molecule has 0 bridgehead atoms. The molecule has 0 heterocycles. The molecule has 14 heteroatoms. The monoisotopic (exact) mass is 737 g/mol. The first-order chi connectivity index (χ1) is 23.8. The summed E-state index contributed by atoms with van der Waals surface area (Å²) in [6, 6.07) is -1.24. The predicted octanol–water partition coefficient (Wildman–Crippen LogP) is 4.08. The van der Waals surface area contributed by atoms with Crippen molar-refractivity contribution in [1.82, 2.24) is 5.32 Å². The number of hydrogen-bond acceptors (Lipinski definition) is 11. The summed E-state index contributed by atoms with van der Waals surface area (Å²) in [6.45, 7) is 3.60. The number of amides is 1. The first-order valence-corrected chi connectivity index (χ1v) is 20.4. The molecule has 1 saturated carbocycles. The zero-order chi connectivity index (χ0) is 37.4. The molecule has 8 unspecified atom stereocenters. The van der Waals surface area contributed by atoms with Crippen LogP contribution in [0.25, 0.3) is 0 Å². The topological polar surface area (TPSA) is 226 Å². The second-order valence-electron chi connectivity index (χ2n) is 13.6. The molecule has 8 atom stereocenters. The number of unbranched alkanes of at least 4 members (excludes halogenated alkanes) is 14. The Morgan fingerprint density at radius 2 is 1.18 bits per heavy atom. The van der Waals surface area contributed by atoms with Crippen LogP contribution in [0.1, 0.15) is 136 Å². The molecule has 1 aliphatic carbocycles. The molecule has 0 spiro atoms. The molecule has 0 aromatic rings. The van der Waals surface area contributed by atoms with Gasteiger partial charge in [-0.3, -0.25) is 13.8 Å². The number of nitrogens with one attached hydrogen (secondary N) is 1. The standard InChI is InChI=1S/C36H68NO12P/c1-3-5-7-9-11-13-14-15-16-18-20-22-24-29(39)28(37-30(40)25-27(38)23-21-19-17-12-10-8-6-4-2)26-48-50(46,47)49-36-34(44)32(42)31(41)33(43)35(36)45/h10,12,22,24,27-29,31-36,38-39,41-45H,3-9,11,13-21,23,25-26H2,1-2H3,(H,37,40)(H,46,47)/b12-10-,24-22+. The van der Waals surface area contributed by atoms with Crippen LogP contribution >= 0.6 is 7.82 Å². The van der Waals surface area contributed by atoms with E-state index in [1.807, 2.05) is 0 Å². The van der Waals surface area contributed by atoms with E-state index in [-0.39, 0.29) is 6.42 Å². The van der Waals surface area contributed by atoms with Crippen molar-refractivity contribution in [1.29, 1.82) is 0 Å². The lowest BCUT2D eigenvalue weighted by Gasteiger charge is -2.41. The Bertz CT molecular complexity index is 969. The molecular weight excluding hydrogens is 669 g/mol. The minimum Gasteiger partial charge on any atom is -0.393 e.